The second-order valence-corrected chi connectivity index (χ2v) is 17.0. The Morgan fingerprint density at radius 1 is 0.527 bits per heavy atom. The highest BCUT2D eigenvalue weighted by molar-refractivity contribution is 5.55. The lowest BCUT2D eigenvalue weighted by molar-refractivity contribution is 0.240. The molecule has 0 spiro atoms. The zero-order valence-electron chi connectivity index (χ0n) is 35.1. The monoisotopic (exact) mass is 745 g/mol. The molecule has 4 nitrogen and oxygen atoms in total. The van der Waals surface area contributed by atoms with Gasteiger partial charge in [0.25, 0.3) is 0 Å². The van der Waals surface area contributed by atoms with Gasteiger partial charge in [-0.25, -0.2) is 0 Å². The Morgan fingerprint density at radius 3 is 1.27 bits per heavy atom. The van der Waals surface area contributed by atoms with Crippen LogP contribution in [0.1, 0.15) is 169 Å². The van der Waals surface area contributed by atoms with E-state index in [1.807, 2.05) is 48.5 Å². The van der Waals surface area contributed by atoms with Gasteiger partial charge >= 0.3 is 0 Å². The maximum Gasteiger partial charge on any atom is 0.133 e. The summed E-state index contributed by atoms with van der Waals surface area (Å²) in [5.74, 6) is 4.22. The third-order valence-electron chi connectivity index (χ3n) is 12.3. The van der Waals surface area contributed by atoms with E-state index in [-0.39, 0.29) is 5.41 Å². The topological polar surface area (TPSA) is 70.5 Å². The largest absolute Gasteiger partial charge is 0.457 e. The molecule has 0 aromatic heterocycles. The predicted octanol–water partition coefficient (Wildman–Crippen LogP) is 15.4. The number of benzene rings is 4. The van der Waals surface area contributed by atoms with Gasteiger partial charge in [0.05, 0.1) is 0 Å². The molecule has 4 aromatic rings. The first-order chi connectivity index (χ1) is 26.7. The van der Waals surface area contributed by atoms with Gasteiger partial charge in [0.15, 0.2) is 0 Å². The Kier molecular flexibility index (Phi) is 16.4. The van der Waals surface area contributed by atoms with Crippen LogP contribution in [0.2, 0.25) is 0 Å². The number of nitrogen functional groups attached to an aromatic ring is 2. The molecule has 0 bridgehead atoms. The lowest BCUT2D eigenvalue weighted by atomic mass is 9.61. The first kappa shape index (κ1) is 42.2. The van der Waals surface area contributed by atoms with Crippen LogP contribution in [0.5, 0.6) is 23.0 Å². The first-order valence-corrected chi connectivity index (χ1v) is 22.0. The molecule has 1 fully saturated rings. The molecule has 0 heterocycles. The van der Waals surface area contributed by atoms with Gasteiger partial charge in [-0.1, -0.05) is 147 Å². The second kappa shape index (κ2) is 21.4. The van der Waals surface area contributed by atoms with Gasteiger partial charge in [-0.3, -0.25) is 0 Å². The molecule has 1 atom stereocenters. The van der Waals surface area contributed by atoms with Crippen LogP contribution >= 0.6 is 0 Å². The standard InChI is InChI=1S/C51H72N2O2/c1-6-7-8-9-10-11-12-13-14-15-16-17-18-19-20-22-42-23-21-32-51(37-42,43-33-38(2)49(39(3)34-43)54-47-28-24-45(52)25-29-47)44-35-40(4)50(41(5)36-44)55-48-30-26-46(53)27-31-48/h24-31,33-36,42H,6-23,32,37,52-53H2,1-5H3. The number of aryl methyl sites for hydroxylation is 4. The smallest absolute Gasteiger partial charge is 0.133 e. The molecule has 0 saturated heterocycles. The van der Waals surface area contributed by atoms with Crippen molar-refractivity contribution in [2.45, 2.75) is 168 Å². The average Bonchev–Trinajstić information content (AvgIpc) is 3.17. The van der Waals surface area contributed by atoms with E-state index in [4.69, 9.17) is 20.9 Å². The number of ether oxygens (including phenoxy) is 2. The van der Waals surface area contributed by atoms with Crippen molar-refractivity contribution in [3.63, 3.8) is 0 Å². The third-order valence-corrected chi connectivity index (χ3v) is 12.3. The highest BCUT2D eigenvalue weighted by atomic mass is 16.5. The number of rotatable bonds is 22. The molecule has 1 aliphatic rings. The minimum absolute atomic E-state index is 0.0665. The van der Waals surface area contributed by atoms with Crippen LogP contribution in [-0.2, 0) is 5.41 Å². The van der Waals surface area contributed by atoms with E-state index in [1.165, 1.54) is 155 Å². The van der Waals surface area contributed by atoms with Crippen molar-refractivity contribution in [3.8, 4) is 23.0 Å². The molecule has 55 heavy (non-hydrogen) atoms. The summed E-state index contributed by atoms with van der Waals surface area (Å²) in [5.41, 5.74) is 20.9. The molecule has 1 saturated carbocycles. The van der Waals surface area contributed by atoms with Crippen molar-refractivity contribution in [2.75, 3.05) is 11.5 Å². The van der Waals surface area contributed by atoms with Crippen LogP contribution in [0.3, 0.4) is 0 Å². The Morgan fingerprint density at radius 2 is 0.891 bits per heavy atom. The summed E-state index contributed by atoms with van der Waals surface area (Å²) < 4.78 is 12.9. The van der Waals surface area contributed by atoms with E-state index >= 15 is 0 Å². The van der Waals surface area contributed by atoms with Gasteiger partial charge in [0.1, 0.15) is 23.0 Å². The Bertz CT molecular complexity index is 1590. The summed E-state index contributed by atoms with van der Waals surface area (Å²) in [4.78, 5) is 0. The van der Waals surface area contributed by atoms with Gasteiger partial charge < -0.3 is 20.9 Å². The number of unbranched alkanes of at least 4 members (excludes halogenated alkanes) is 14. The normalized spacial score (nSPS) is 15.3. The van der Waals surface area contributed by atoms with Crippen molar-refractivity contribution in [2.24, 2.45) is 5.92 Å². The van der Waals surface area contributed by atoms with Crippen LogP contribution in [0, 0.1) is 33.6 Å². The van der Waals surface area contributed by atoms with Gasteiger partial charge in [0, 0.05) is 16.8 Å². The van der Waals surface area contributed by atoms with Crippen LogP contribution in [0.25, 0.3) is 0 Å². The highest BCUT2D eigenvalue weighted by Gasteiger charge is 2.40. The zero-order chi connectivity index (χ0) is 39.0. The first-order valence-electron chi connectivity index (χ1n) is 22.0. The quantitative estimate of drug-likeness (QED) is 0.0621. The van der Waals surface area contributed by atoms with Gasteiger partial charge in [-0.15, -0.1) is 0 Å². The Labute approximate surface area is 334 Å². The third kappa shape index (κ3) is 12.3. The fourth-order valence-electron chi connectivity index (χ4n) is 9.21. The second-order valence-electron chi connectivity index (χ2n) is 17.0. The van der Waals surface area contributed by atoms with E-state index in [1.54, 1.807) is 0 Å². The van der Waals surface area contributed by atoms with E-state index in [2.05, 4.69) is 58.9 Å². The maximum absolute atomic E-state index is 6.47. The molecule has 5 rings (SSSR count). The highest BCUT2D eigenvalue weighted by Crippen LogP contribution is 2.51. The van der Waals surface area contributed by atoms with Gasteiger partial charge in [-0.2, -0.15) is 0 Å². The van der Waals surface area contributed by atoms with Crippen molar-refractivity contribution >= 4 is 11.4 Å². The Balaban J connectivity index is 1.25. The Hall–Kier alpha value is -3.92. The van der Waals surface area contributed by atoms with Crippen LogP contribution in [-0.4, -0.2) is 0 Å². The van der Waals surface area contributed by atoms with Crippen LogP contribution in [0.15, 0.2) is 72.8 Å². The van der Waals surface area contributed by atoms with E-state index < -0.39 is 0 Å². The zero-order valence-corrected chi connectivity index (χ0v) is 35.1. The van der Waals surface area contributed by atoms with Crippen molar-refractivity contribution < 1.29 is 9.47 Å². The summed E-state index contributed by atoms with van der Waals surface area (Å²) in [5, 5.41) is 0. The molecule has 4 heteroatoms. The number of hydrogen-bond donors (Lipinski definition) is 2. The summed E-state index contributed by atoms with van der Waals surface area (Å²) >= 11 is 0. The van der Waals surface area contributed by atoms with E-state index in [9.17, 15) is 0 Å². The average molecular weight is 745 g/mol. The molecule has 4 aromatic carbocycles. The summed E-state index contributed by atoms with van der Waals surface area (Å²) in [6.07, 6.45) is 27.4. The van der Waals surface area contributed by atoms with Crippen molar-refractivity contribution in [1.29, 1.82) is 0 Å². The number of nitrogens with two attached hydrogens (primary N) is 2. The predicted molar refractivity (Wildman–Crippen MR) is 236 cm³/mol. The minimum Gasteiger partial charge on any atom is -0.457 e. The summed E-state index contributed by atoms with van der Waals surface area (Å²) in [7, 11) is 0. The van der Waals surface area contributed by atoms with Gasteiger partial charge in [-0.05, 0) is 128 Å². The fourth-order valence-corrected chi connectivity index (χ4v) is 9.21. The van der Waals surface area contributed by atoms with Crippen molar-refractivity contribution in [3.05, 3.63) is 106 Å². The number of anilines is 2. The lowest BCUT2D eigenvalue weighted by Gasteiger charge is -2.43. The molecule has 0 amide bonds. The molecule has 1 aliphatic carbocycles. The summed E-state index contributed by atoms with van der Waals surface area (Å²) in [6.45, 7) is 11.1. The van der Waals surface area contributed by atoms with E-state index in [0.717, 1.165) is 40.8 Å². The number of hydrogen-bond acceptors (Lipinski definition) is 4. The van der Waals surface area contributed by atoms with Crippen LogP contribution < -0.4 is 20.9 Å². The maximum atomic E-state index is 6.47. The van der Waals surface area contributed by atoms with Crippen LogP contribution in [0.4, 0.5) is 11.4 Å². The molecular formula is C51H72N2O2. The molecule has 0 aliphatic heterocycles. The molecule has 1 unspecified atom stereocenters. The lowest BCUT2D eigenvalue weighted by Crippen LogP contribution is -2.35. The van der Waals surface area contributed by atoms with Crippen molar-refractivity contribution in [1.82, 2.24) is 0 Å². The molecule has 4 N–H and O–H groups in total. The molecule has 298 valence electrons. The SMILES string of the molecule is CCCCCCCCCCCCCCCCCC1CCCC(c2cc(C)c(Oc3ccc(N)cc3)c(C)c2)(c2cc(C)c(Oc3ccc(N)cc3)c(C)c2)C1. The molecular weight excluding hydrogens is 673 g/mol. The van der Waals surface area contributed by atoms with E-state index in [0.29, 0.717) is 5.92 Å². The van der Waals surface area contributed by atoms with Gasteiger partial charge in [0.2, 0.25) is 0 Å². The molecule has 0 radical (unpaired) electrons. The summed E-state index contributed by atoms with van der Waals surface area (Å²) in [6, 6.07) is 25.1. The fraction of sp³-hybridized carbons (Fsp3) is 0.529. The minimum atomic E-state index is -0.0665.